The molecule has 0 spiro atoms. The Kier molecular flexibility index (Phi) is 1.78. The molecule has 3 heteroatoms. The highest BCUT2D eigenvalue weighted by atomic mass is 16.6. The van der Waals surface area contributed by atoms with Crippen LogP contribution in [0.5, 0.6) is 17.2 Å². The quantitative estimate of drug-likeness (QED) is 0.629. The van der Waals surface area contributed by atoms with Gasteiger partial charge in [-0.15, -0.1) is 0 Å². The van der Waals surface area contributed by atoms with Crippen molar-refractivity contribution in [3.63, 3.8) is 0 Å². The molecule has 1 aliphatic rings. The van der Waals surface area contributed by atoms with E-state index in [0.29, 0.717) is 24.7 Å². The van der Waals surface area contributed by atoms with E-state index < -0.39 is 0 Å². The molecule has 0 N–H and O–H groups in total. The van der Waals surface area contributed by atoms with E-state index in [1.807, 2.05) is 0 Å². The maximum absolute atomic E-state index is 5.31. The van der Waals surface area contributed by atoms with Crippen LogP contribution >= 0.6 is 0 Å². The molecule has 1 aliphatic heterocycles. The van der Waals surface area contributed by atoms with Gasteiger partial charge in [0.15, 0.2) is 18.6 Å². The Morgan fingerprint density at radius 3 is 2.67 bits per heavy atom. The Labute approximate surface area is 70.9 Å². The maximum atomic E-state index is 5.31. The molecule has 2 rings (SSSR count). The molecule has 0 saturated heterocycles. The fourth-order valence-electron chi connectivity index (χ4n) is 1.10. The molecular weight excluding hydrogens is 156 g/mol. The van der Waals surface area contributed by atoms with Crippen LogP contribution in [0.2, 0.25) is 0 Å². The van der Waals surface area contributed by atoms with E-state index in [2.05, 4.69) is 4.74 Å². The molecule has 0 bridgehead atoms. The second-order valence-electron chi connectivity index (χ2n) is 2.42. The molecule has 0 aromatic heterocycles. The summed E-state index contributed by atoms with van der Waals surface area (Å²) in [4.78, 5) is 0. The van der Waals surface area contributed by atoms with Gasteiger partial charge in [0.25, 0.3) is 0 Å². The molecule has 0 unspecified atom stereocenters. The van der Waals surface area contributed by atoms with Crippen molar-refractivity contribution in [2.24, 2.45) is 0 Å². The Morgan fingerprint density at radius 2 is 1.92 bits per heavy atom. The number of fused-ring (bicyclic) bond motifs is 1. The molecule has 0 atom stereocenters. The Morgan fingerprint density at radius 1 is 1.17 bits per heavy atom. The van der Waals surface area contributed by atoms with Crippen LogP contribution in [0.15, 0.2) is 18.2 Å². The lowest BCUT2D eigenvalue weighted by Crippen LogP contribution is -2.15. The second-order valence-corrected chi connectivity index (χ2v) is 2.42. The van der Waals surface area contributed by atoms with E-state index in [4.69, 9.17) is 16.6 Å². The predicted octanol–water partition coefficient (Wildman–Crippen LogP) is 1.51. The summed E-state index contributed by atoms with van der Waals surface area (Å²) in [7, 11) is 4.99. The summed E-state index contributed by atoms with van der Waals surface area (Å²) < 4.78 is 15.2. The van der Waals surface area contributed by atoms with Crippen LogP contribution in [0.25, 0.3) is 0 Å². The van der Waals surface area contributed by atoms with Gasteiger partial charge in [0, 0.05) is 6.07 Å². The summed E-state index contributed by atoms with van der Waals surface area (Å²) >= 11 is 0. The van der Waals surface area contributed by atoms with Gasteiger partial charge in [-0.2, -0.15) is 0 Å². The molecule has 0 fully saturated rings. The number of rotatable bonds is 1. The lowest BCUT2D eigenvalue weighted by Gasteiger charge is -2.18. The molecule has 0 saturated carbocycles. The zero-order chi connectivity index (χ0) is 8.39. The smallest absolute Gasteiger partial charge is 0.180 e. The summed E-state index contributed by atoms with van der Waals surface area (Å²) in [5, 5.41) is 0. The summed E-state index contributed by atoms with van der Waals surface area (Å²) in [6.45, 7) is 1.16. The molecule has 62 valence electrons. The van der Waals surface area contributed by atoms with Gasteiger partial charge in [-0.05, 0) is 12.1 Å². The van der Waals surface area contributed by atoms with E-state index in [0.717, 1.165) is 5.75 Å². The summed E-state index contributed by atoms with van der Waals surface area (Å²) in [6, 6.07) is 5.21. The zero-order valence-corrected chi connectivity index (χ0v) is 6.45. The summed E-state index contributed by atoms with van der Waals surface area (Å²) in [5.74, 6) is 1.99. The largest absolute Gasteiger partial charge is 0.486 e. The normalized spacial score (nSPS) is 14.1. The van der Waals surface area contributed by atoms with Gasteiger partial charge in [-0.25, -0.2) is 0 Å². The van der Waals surface area contributed by atoms with Crippen LogP contribution in [0, 0.1) is 7.11 Å². The van der Waals surface area contributed by atoms with Gasteiger partial charge in [0.1, 0.15) is 19.0 Å². The number of benzene rings is 1. The van der Waals surface area contributed by atoms with Crippen LogP contribution in [-0.2, 0) is 0 Å². The fraction of sp³-hybridized carbons (Fsp3) is 0.222. The standard InChI is InChI=1S/C9H8O3/c1-10-7-2-3-8-9(6-7)12-5-4-11-8/h1-3,6H,4-5H2. The van der Waals surface area contributed by atoms with Crippen molar-refractivity contribution in [1.29, 1.82) is 0 Å². The molecule has 0 aliphatic carbocycles. The third kappa shape index (κ3) is 1.18. The van der Waals surface area contributed by atoms with Gasteiger partial charge in [-0.1, -0.05) is 0 Å². The van der Waals surface area contributed by atoms with Crippen LogP contribution in [0.1, 0.15) is 0 Å². The van der Waals surface area contributed by atoms with Crippen molar-refractivity contribution >= 4 is 0 Å². The lowest BCUT2D eigenvalue weighted by molar-refractivity contribution is 0.171. The van der Waals surface area contributed by atoms with Crippen molar-refractivity contribution in [3.05, 3.63) is 25.3 Å². The fourth-order valence-corrected chi connectivity index (χ4v) is 1.10. The number of ether oxygens (including phenoxy) is 3. The molecule has 1 heterocycles. The van der Waals surface area contributed by atoms with Gasteiger partial charge in [0.2, 0.25) is 0 Å². The number of hydrogen-bond acceptors (Lipinski definition) is 3. The first-order valence-corrected chi connectivity index (χ1v) is 3.66. The van der Waals surface area contributed by atoms with Crippen molar-refractivity contribution in [2.75, 3.05) is 13.2 Å². The predicted molar refractivity (Wildman–Crippen MR) is 42.4 cm³/mol. The molecule has 1 aromatic carbocycles. The first kappa shape index (κ1) is 7.28. The molecule has 2 radical (unpaired) electrons. The average Bonchev–Trinajstić information content (AvgIpc) is 2.17. The van der Waals surface area contributed by atoms with E-state index >= 15 is 0 Å². The van der Waals surface area contributed by atoms with Crippen LogP contribution in [-0.4, -0.2) is 13.2 Å². The van der Waals surface area contributed by atoms with Crippen molar-refractivity contribution < 1.29 is 14.2 Å². The maximum Gasteiger partial charge on any atom is 0.180 e. The SMILES string of the molecule is [CH]Oc1ccc2c(c1)OCCO2. The van der Waals surface area contributed by atoms with E-state index in [-0.39, 0.29) is 0 Å². The molecule has 1 aromatic rings. The Hall–Kier alpha value is -1.38. The first-order chi connectivity index (χ1) is 5.90. The highest BCUT2D eigenvalue weighted by Gasteiger charge is 2.11. The van der Waals surface area contributed by atoms with E-state index in [1.165, 1.54) is 0 Å². The summed E-state index contributed by atoms with van der Waals surface area (Å²) in [5.41, 5.74) is 0. The van der Waals surface area contributed by atoms with Gasteiger partial charge >= 0.3 is 0 Å². The first-order valence-electron chi connectivity index (χ1n) is 3.66. The minimum Gasteiger partial charge on any atom is -0.486 e. The van der Waals surface area contributed by atoms with Crippen LogP contribution in [0.3, 0.4) is 0 Å². The monoisotopic (exact) mass is 164 g/mol. The van der Waals surface area contributed by atoms with E-state index in [9.17, 15) is 0 Å². The molecule has 3 nitrogen and oxygen atoms in total. The van der Waals surface area contributed by atoms with Gasteiger partial charge in [-0.3, -0.25) is 0 Å². The molecule has 12 heavy (non-hydrogen) atoms. The zero-order valence-electron chi connectivity index (χ0n) is 6.45. The molecule has 0 amide bonds. The van der Waals surface area contributed by atoms with Gasteiger partial charge in [0.05, 0.1) is 0 Å². The van der Waals surface area contributed by atoms with Crippen molar-refractivity contribution in [3.8, 4) is 17.2 Å². The highest BCUT2D eigenvalue weighted by molar-refractivity contribution is 5.46. The average molecular weight is 164 g/mol. The van der Waals surface area contributed by atoms with Crippen molar-refractivity contribution in [1.82, 2.24) is 0 Å². The van der Waals surface area contributed by atoms with E-state index in [1.54, 1.807) is 18.2 Å². The lowest BCUT2D eigenvalue weighted by atomic mass is 10.3. The van der Waals surface area contributed by atoms with Crippen LogP contribution < -0.4 is 14.2 Å². The second kappa shape index (κ2) is 2.93. The summed E-state index contributed by atoms with van der Waals surface area (Å²) in [6.07, 6.45) is 0. The third-order valence-corrected chi connectivity index (χ3v) is 1.65. The Bertz CT molecular complexity index is 283. The highest BCUT2D eigenvalue weighted by Crippen LogP contribution is 2.33. The third-order valence-electron chi connectivity index (χ3n) is 1.65. The topological polar surface area (TPSA) is 27.7 Å². The number of hydrogen-bond donors (Lipinski definition) is 0. The minimum atomic E-state index is 0.569. The molecular formula is C9H8O3. The van der Waals surface area contributed by atoms with Gasteiger partial charge < -0.3 is 14.2 Å². The van der Waals surface area contributed by atoms with Crippen molar-refractivity contribution in [2.45, 2.75) is 0 Å². The minimum absolute atomic E-state index is 0.569. The van der Waals surface area contributed by atoms with Crippen LogP contribution in [0.4, 0.5) is 0 Å². The Balaban J connectivity index is 2.36.